The van der Waals surface area contributed by atoms with Gasteiger partial charge in [-0.2, -0.15) is 0 Å². The predicted octanol–water partition coefficient (Wildman–Crippen LogP) is 1.67. The Balaban J connectivity index is 1.87. The molecule has 1 saturated heterocycles. The molecule has 2 amide bonds. The van der Waals surface area contributed by atoms with Crippen molar-refractivity contribution in [2.24, 2.45) is 0 Å². The lowest BCUT2D eigenvalue weighted by atomic mass is 10.2. The van der Waals surface area contributed by atoms with Gasteiger partial charge in [-0.1, -0.05) is 17.7 Å². The molecule has 9 heteroatoms. The third-order valence-electron chi connectivity index (χ3n) is 4.11. The molecule has 2 rings (SSSR count). The first kappa shape index (κ1) is 21.3. The van der Waals surface area contributed by atoms with E-state index < -0.39 is 5.97 Å². The summed E-state index contributed by atoms with van der Waals surface area (Å²) >= 11 is 6.00. The van der Waals surface area contributed by atoms with Crippen LogP contribution in [-0.4, -0.2) is 79.5 Å². The molecule has 1 heterocycles. The molecule has 0 aromatic heterocycles. The van der Waals surface area contributed by atoms with Crippen LogP contribution in [-0.2, 0) is 16.1 Å². The van der Waals surface area contributed by atoms with Crippen LogP contribution >= 0.6 is 11.6 Å². The summed E-state index contributed by atoms with van der Waals surface area (Å²) in [5.74, 6) is -0.239. The summed E-state index contributed by atoms with van der Waals surface area (Å²) in [5.41, 5.74) is 0.848. The second kappa shape index (κ2) is 10.3. The van der Waals surface area contributed by atoms with Gasteiger partial charge in [0.25, 0.3) is 0 Å². The topological polar surface area (TPSA) is 91.3 Å². The fourth-order valence-electron chi connectivity index (χ4n) is 2.90. The number of likely N-dealkylation sites (N-methyl/N-ethyl adjacent to an activating group) is 1. The van der Waals surface area contributed by atoms with Gasteiger partial charge in [-0.25, -0.2) is 4.79 Å². The minimum absolute atomic E-state index is 0.0666. The summed E-state index contributed by atoms with van der Waals surface area (Å²) in [6, 6.07) is 5.13. The van der Waals surface area contributed by atoms with Gasteiger partial charge in [0, 0.05) is 36.8 Å². The zero-order chi connectivity index (χ0) is 19.8. The van der Waals surface area contributed by atoms with E-state index in [9.17, 15) is 9.59 Å². The minimum atomic E-state index is -0.893. The van der Waals surface area contributed by atoms with Crippen LogP contribution in [0.3, 0.4) is 0 Å². The first-order chi connectivity index (χ1) is 12.9. The zero-order valence-corrected chi connectivity index (χ0v) is 16.4. The summed E-state index contributed by atoms with van der Waals surface area (Å²) in [7, 11) is 1.71. The van der Waals surface area contributed by atoms with E-state index in [0.717, 1.165) is 5.56 Å². The number of nitrogens with zero attached hydrogens (tertiary/aromatic N) is 2. The molecule has 150 valence electrons. The molecule has 1 fully saturated rings. The van der Waals surface area contributed by atoms with Gasteiger partial charge in [-0.3, -0.25) is 9.69 Å². The molecule has 1 aromatic rings. The van der Waals surface area contributed by atoms with Crippen molar-refractivity contribution in [3.63, 3.8) is 0 Å². The van der Waals surface area contributed by atoms with E-state index >= 15 is 0 Å². The van der Waals surface area contributed by atoms with Crippen molar-refractivity contribution in [2.45, 2.75) is 19.6 Å². The number of urea groups is 1. The number of amides is 2. The molecule has 1 atom stereocenters. The second-order valence-electron chi connectivity index (χ2n) is 6.37. The lowest BCUT2D eigenvalue weighted by Gasteiger charge is -2.34. The number of carbonyl (C=O) groups excluding carboxylic acids is 1. The van der Waals surface area contributed by atoms with Gasteiger partial charge < -0.3 is 24.8 Å². The maximum atomic E-state index is 12.5. The van der Waals surface area contributed by atoms with Gasteiger partial charge in [0.05, 0.1) is 25.9 Å². The van der Waals surface area contributed by atoms with Crippen LogP contribution in [0.25, 0.3) is 0 Å². The van der Waals surface area contributed by atoms with Crippen LogP contribution in [0.2, 0.25) is 5.02 Å². The minimum Gasteiger partial charge on any atom is -0.493 e. The van der Waals surface area contributed by atoms with E-state index in [1.54, 1.807) is 29.0 Å². The van der Waals surface area contributed by atoms with Crippen molar-refractivity contribution in [3.05, 3.63) is 28.8 Å². The Kier molecular flexibility index (Phi) is 8.15. The molecule has 0 aliphatic carbocycles. The van der Waals surface area contributed by atoms with E-state index in [4.69, 9.17) is 26.2 Å². The molecule has 0 saturated carbocycles. The first-order valence-electron chi connectivity index (χ1n) is 8.85. The molecule has 8 nitrogen and oxygen atoms in total. The maximum Gasteiger partial charge on any atom is 0.317 e. The molecular weight excluding hydrogens is 374 g/mol. The fraction of sp³-hybridized carbons (Fsp3) is 0.556. The zero-order valence-electron chi connectivity index (χ0n) is 15.6. The summed E-state index contributed by atoms with van der Waals surface area (Å²) in [6.07, 6.45) is -0.219. The lowest BCUT2D eigenvalue weighted by molar-refractivity contribution is -0.138. The second-order valence-corrected chi connectivity index (χ2v) is 6.81. The quantitative estimate of drug-likeness (QED) is 0.691. The van der Waals surface area contributed by atoms with Gasteiger partial charge in [-0.15, -0.1) is 0 Å². The smallest absolute Gasteiger partial charge is 0.317 e. The molecule has 1 aliphatic heterocycles. The van der Waals surface area contributed by atoms with Crippen molar-refractivity contribution in [1.29, 1.82) is 0 Å². The lowest BCUT2D eigenvalue weighted by Crippen LogP contribution is -2.52. The summed E-state index contributed by atoms with van der Waals surface area (Å²) in [5, 5.41) is 12.3. The van der Waals surface area contributed by atoms with E-state index in [2.05, 4.69) is 5.32 Å². The molecule has 0 radical (unpaired) electrons. The number of benzene rings is 1. The Hall–Kier alpha value is -2.03. The number of morpholine rings is 1. The molecule has 1 unspecified atom stereocenters. The molecule has 1 aromatic carbocycles. The van der Waals surface area contributed by atoms with Crippen molar-refractivity contribution in [3.8, 4) is 5.75 Å². The Morgan fingerprint density at radius 1 is 1.48 bits per heavy atom. The highest BCUT2D eigenvalue weighted by Crippen LogP contribution is 2.23. The molecule has 2 N–H and O–H groups in total. The van der Waals surface area contributed by atoms with Crippen LogP contribution in [0.5, 0.6) is 5.75 Å². The van der Waals surface area contributed by atoms with E-state index in [0.29, 0.717) is 50.2 Å². The fourth-order valence-corrected chi connectivity index (χ4v) is 3.07. The van der Waals surface area contributed by atoms with E-state index in [-0.39, 0.29) is 18.7 Å². The highest BCUT2D eigenvalue weighted by atomic mass is 35.5. The van der Waals surface area contributed by atoms with Crippen LogP contribution in [0.15, 0.2) is 18.2 Å². The van der Waals surface area contributed by atoms with E-state index in [1.165, 1.54) is 0 Å². The van der Waals surface area contributed by atoms with Crippen molar-refractivity contribution < 1.29 is 24.2 Å². The first-order valence-corrected chi connectivity index (χ1v) is 9.22. The molecule has 0 spiro atoms. The molecule has 0 bridgehead atoms. The molecule has 1 aliphatic rings. The third-order valence-corrected chi connectivity index (χ3v) is 4.34. The standard InChI is InChI=1S/C18H26ClN3O5/c1-3-26-16-8-14(19)5-4-13(16)9-20-18(25)22-6-7-27-15(11-22)10-21(2)12-17(23)24/h4-5,8,15H,3,6-7,9-12H2,1-2H3,(H,20,25)(H,23,24). The number of hydrogen-bond acceptors (Lipinski definition) is 5. The van der Waals surface area contributed by atoms with Gasteiger partial charge in [0.2, 0.25) is 0 Å². The summed E-state index contributed by atoms with van der Waals surface area (Å²) in [4.78, 5) is 26.6. The number of aliphatic carboxylic acids is 1. The predicted molar refractivity (Wildman–Crippen MR) is 101 cm³/mol. The summed E-state index contributed by atoms with van der Waals surface area (Å²) in [6.45, 7) is 4.43. The van der Waals surface area contributed by atoms with E-state index in [1.807, 2.05) is 13.0 Å². The van der Waals surface area contributed by atoms with Gasteiger partial charge in [-0.05, 0) is 26.1 Å². The SMILES string of the molecule is CCOc1cc(Cl)ccc1CNC(=O)N1CCOC(CN(C)CC(=O)O)C1. The number of ether oxygens (including phenoxy) is 2. The van der Waals surface area contributed by atoms with Crippen molar-refractivity contribution in [1.82, 2.24) is 15.1 Å². The van der Waals surface area contributed by atoms with Gasteiger partial charge >= 0.3 is 12.0 Å². The van der Waals surface area contributed by atoms with Crippen LogP contribution in [0, 0.1) is 0 Å². The van der Waals surface area contributed by atoms with Gasteiger partial charge in [0.15, 0.2) is 0 Å². The third kappa shape index (κ3) is 6.89. The highest BCUT2D eigenvalue weighted by molar-refractivity contribution is 6.30. The Morgan fingerprint density at radius 3 is 2.96 bits per heavy atom. The van der Waals surface area contributed by atoms with Crippen molar-refractivity contribution >= 4 is 23.6 Å². The number of carbonyl (C=O) groups is 2. The van der Waals surface area contributed by atoms with Gasteiger partial charge in [0.1, 0.15) is 5.75 Å². The highest BCUT2D eigenvalue weighted by Gasteiger charge is 2.25. The normalized spacial score (nSPS) is 17.0. The number of halogens is 1. The summed E-state index contributed by atoms with van der Waals surface area (Å²) < 4.78 is 11.2. The average molecular weight is 400 g/mol. The number of hydrogen-bond donors (Lipinski definition) is 2. The Bertz CT molecular complexity index is 658. The molecular formula is C18H26ClN3O5. The number of carboxylic acid groups (broad SMARTS) is 1. The maximum absolute atomic E-state index is 12.5. The Labute approximate surface area is 164 Å². The van der Waals surface area contributed by atoms with Crippen LogP contribution in [0.1, 0.15) is 12.5 Å². The Morgan fingerprint density at radius 2 is 2.26 bits per heavy atom. The monoisotopic (exact) mass is 399 g/mol. The molecule has 27 heavy (non-hydrogen) atoms. The largest absolute Gasteiger partial charge is 0.493 e. The number of rotatable bonds is 8. The van der Waals surface area contributed by atoms with Crippen molar-refractivity contribution in [2.75, 3.05) is 46.4 Å². The average Bonchev–Trinajstić information content (AvgIpc) is 2.60. The number of carboxylic acids is 1. The number of nitrogens with one attached hydrogen (secondary N) is 1. The van der Waals surface area contributed by atoms with Crippen LogP contribution in [0.4, 0.5) is 4.79 Å². The van der Waals surface area contributed by atoms with Crippen LogP contribution < -0.4 is 10.1 Å².